The first-order chi connectivity index (χ1) is 28.6. The zero-order valence-electron chi connectivity index (χ0n) is 38.8. The molecule has 2 unspecified atom stereocenters. The molecule has 0 aromatic rings. The van der Waals surface area contributed by atoms with Gasteiger partial charge in [0.05, 0.1) is 12.5 Å². The van der Waals surface area contributed by atoms with E-state index < -0.39 is 6.04 Å². The third kappa shape index (κ3) is 34.6. The summed E-state index contributed by atoms with van der Waals surface area (Å²) in [6.45, 7) is 12.6. The van der Waals surface area contributed by atoms with Crippen molar-refractivity contribution in [2.75, 3.05) is 53.6 Å². The SMILES string of the molecule is CC/C=C\CCCCOC(CCCCC(=O)OCC(COC(=O)CCC)N(CCCN(C)C)C(=O)CCC(=O)OC(CCC)CCCCCC)OCCCC/C=C\CC. The second-order valence-corrected chi connectivity index (χ2v) is 15.9. The molecule has 0 rings (SSSR count). The van der Waals surface area contributed by atoms with Crippen molar-refractivity contribution in [3.8, 4) is 0 Å². The van der Waals surface area contributed by atoms with E-state index in [4.69, 9.17) is 23.7 Å². The Morgan fingerprint density at radius 2 is 1.14 bits per heavy atom. The summed E-state index contributed by atoms with van der Waals surface area (Å²) >= 11 is 0. The van der Waals surface area contributed by atoms with Crippen molar-refractivity contribution in [2.24, 2.45) is 0 Å². The van der Waals surface area contributed by atoms with E-state index in [2.05, 4.69) is 52.0 Å². The highest BCUT2D eigenvalue weighted by Gasteiger charge is 2.27. The van der Waals surface area contributed by atoms with Crippen LogP contribution in [0.15, 0.2) is 24.3 Å². The van der Waals surface area contributed by atoms with Crippen LogP contribution in [-0.4, -0.2) is 106 Å². The van der Waals surface area contributed by atoms with Gasteiger partial charge in [-0.1, -0.05) is 84.6 Å². The number of hydrogen-bond acceptors (Lipinski definition) is 10. The third-order valence-corrected chi connectivity index (χ3v) is 9.94. The monoisotopic (exact) mass is 837 g/mol. The van der Waals surface area contributed by atoms with E-state index in [0.717, 1.165) is 109 Å². The first-order valence-electron chi connectivity index (χ1n) is 23.6. The molecule has 0 aromatic heterocycles. The van der Waals surface area contributed by atoms with Gasteiger partial charge < -0.3 is 33.5 Å². The van der Waals surface area contributed by atoms with Crippen LogP contribution in [0, 0.1) is 0 Å². The minimum absolute atomic E-state index is 0.0403. The molecule has 0 saturated carbocycles. The maximum Gasteiger partial charge on any atom is 0.306 e. The lowest BCUT2D eigenvalue weighted by molar-refractivity contribution is -0.156. The van der Waals surface area contributed by atoms with Crippen molar-refractivity contribution in [3.05, 3.63) is 24.3 Å². The molecule has 0 radical (unpaired) electrons. The van der Waals surface area contributed by atoms with Crippen LogP contribution in [0.2, 0.25) is 0 Å². The highest BCUT2D eigenvalue weighted by atomic mass is 16.7. The van der Waals surface area contributed by atoms with Crippen LogP contribution in [0.1, 0.15) is 189 Å². The van der Waals surface area contributed by atoms with Crippen molar-refractivity contribution >= 4 is 23.8 Å². The molecule has 2 atom stereocenters. The molecule has 0 bridgehead atoms. The molecule has 11 nitrogen and oxygen atoms in total. The number of esters is 3. The molecule has 0 N–H and O–H groups in total. The van der Waals surface area contributed by atoms with E-state index in [1.807, 2.05) is 25.9 Å². The fourth-order valence-corrected chi connectivity index (χ4v) is 6.53. The van der Waals surface area contributed by atoms with E-state index in [1.54, 1.807) is 4.90 Å². The first kappa shape index (κ1) is 56.2. The average Bonchev–Trinajstić information content (AvgIpc) is 3.21. The predicted molar refractivity (Wildman–Crippen MR) is 239 cm³/mol. The number of unbranched alkanes of at least 4 members (excludes halogenated alkanes) is 8. The molecule has 0 aromatic carbocycles. The number of hydrogen-bond donors (Lipinski definition) is 0. The van der Waals surface area contributed by atoms with E-state index in [-0.39, 0.29) is 75.1 Å². The Hall–Kier alpha value is -2.76. The van der Waals surface area contributed by atoms with Crippen LogP contribution in [0.5, 0.6) is 0 Å². The van der Waals surface area contributed by atoms with Crippen LogP contribution in [0.3, 0.4) is 0 Å². The largest absolute Gasteiger partial charge is 0.463 e. The third-order valence-electron chi connectivity index (χ3n) is 9.94. The lowest BCUT2D eigenvalue weighted by Crippen LogP contribution is -2.47. The van der Waals surface area contributed by atoms with Gasteiger partial charge in [-0.2, -0.15) is 0 Å². The van der Waals surface area contributed by atoms with Gasteiger partial charge in [0, 0.05) is 39.0 Å². The maximum atomic E-state index is 13.8. The Balaban J connectivity index is 5.45. The van der Waals surface area contributed by atoms with E-state index >= 15 is 0 Å². The van der Waals surface area contributed by atoms with Crippen LogP contribution < -0.4 is 0 Å². The molecular formula is C48H88N2O9. The van der Waals surface area contributed by atoms with E-state index in [0.29, 0.717) is 45.4 Å². The highest BCUT2D eigenvalue weighted by Crippen LogP contribution is 2.17. The Morgan fingerprint density at radius 3 is 1.69 bits per heavy atom. The molecular weight excluding hydrogens is 749 g/mol. The minimum atomic E-state index is -0.682. The quantitative estimate of drug-likeness (QED) is 0.0193. The fourth-order valence-electron chi connectivity index (χ4n) is 6.53. The zero-order chi connectivity index (χ0) is 43.8. The van der Waals surface area contributed by atoms with Crippen molar-refractivity contribution < 1.29 is 42.9 Å². The molecule has 0 spiro atoms. The van der Waals surface area contributed by atoms with Gasteiger partial charge in [0.15, 0.2) is 6.29 Å². The number of carbonyl (C=O) groups is 4. The van der Waals surface area contributed by atoms with Gasteiger partial charge in [-0.3, -0.25) is 19.2 Å². The van der Waals surface area contributed by atoms with Gasteiger partial charge in [0.2, 0.25) is 5.91 Å². The van der Waals surface area contributed by atoms with Crippen molar-refractivity contribution in [1.29, 1.82) is 0 Å². The molecule has 11 heteroatoms. The summed E-state index contributed by atoms with van der Waals surface area (Å²) in [6.07, 6.45) is 27.3. The van der Waals surface area contributed by atoms with Crippen LogP contribution in [-0.2, 0) is 42.9 Å². The van der Waals surface area contributed by atoms with Gasteiger partial charge in [-0.15, -0.1) is 0 Å². The second-order valence-electron chi connectivity index (χ2n) is 15.9. The number of ether oxygens (including phenoxy) is 5. The molecule has 0 saturated heterocycles. The van der Waals surface area contributed by atoms with Gasteiger partial charge in [0.1, 0.15) is 19.3 Å². The zero-order valence-corrected chi connectivity index (χ0v) is 38.8. The molecule has 59 heavy (non-hydrogen) atoms. The Labute approximate surface area is 360 Å². The van der Waals surface area contributed by atoms with E-state index in [9.17, 15) is 19.2 Å². The van der Waals surface area contributed by atoms with Crippen LogP contribution >= 0.6 is 0 Å². The molecule has 0 heterocycles. The second kappa shape index (κ2) is 40.6. The van der Waals surface area contributed by atoms with E-state index in [1.165, 1.54) is 0 Å². The van der Waals surface area contributed by atoms with Crippen molar-refractivity contribution in [3.63, 3.8) is 0 Å². The highest BCUT2D eigenvalue weighted by molar-refractivity contribution is 5.81. The average molecular weight is 837 g/mol. The Bertz CT molecular complexity index is 1070. The summed E-state index contributed by atoms with van der Waals surface area (Å²) in [7, 11) is 3.93. The smallest absolute Gasteiger partial charge is 0.306 e. The standard InChI is InChI=1S/C48H88N2O9/c1-8-13-16-19-21-26-38-55-48(56-39-27-22-20-17-14-9-2)33-25-24-32-46(53)58-41-42(40-57-45(52)30-12-5)50(37-28-36-49(6)7)44(51)34-35-47(54)59-43(29-11-4)31-23-18-15-10-3/h13-14,16-17,42-43,48H,8-12,15,18-41H2,1-7H3/b16-13-,17-14-. The summed E-state index contributed by atoms with van der Waals surface area (Å²) in [5.74, 6) is -1.38. The van der Waals surface area contributed by atoms with Crippen LogP contribution in [0.25, 0.3) is 0 Å². The minimum Gasteiger partial charge on any atom is -0.463 e. The molecule has 0 aliphatic carbocycles. The van der Waals surface area contributed by atoms with Gasteiger partial charge in [0.25, 0.3) is 0 Å². The van der Waals surface area contributed by atoms with Crippen LogP contribution in [0.4, 0.5) is 0 Å². The number of allylic oxidation sites excluding steroid dienone is 4. The Kier molecular flexibility index (Phi) is 38.7. The normalized spacial score (nSPS) is 12.8. The number of amides is 1. The molecule has 0 fully saturated rings. The number of rotatable bonds is 41. The van der Waals surface area contributed by atoms with Gasteiger partial charge in [-0.25, -0.2) is 0 Å². The topological polar surface area (TPSA) is 121 Å². The maximum absolute atomic E-state index is 13.8. The lowest BCUT2D eigenvalue weighted by atomic mass is 10.1. The van der Waals surface area contributed by atoms with Gasteiger partial charge in [-0.05, 0) is 123 Å². The first-order valence-corrected chi connectivity index (χ1v) is 23.6. The lowest BCUT2D eigenvalue weighted by Gasteiger charge is -2.32. The molecule has 1 amide bonds. The summed E-state index contributed by atoms with van der Waals surface area (Å²) < 4.78 is 29.5. The van der Waals surface area contributed by atoms with Crippen molar-refractivity contribution in [1.82, 2.24) is 9.80 Å². The molecule has 0 aliphatic heterocycles. The van der Waals surface area contributed by atoms with Gasteiger partial charge >= 0.3 is 17.9 Å². The van der Waals surface area contributed by atoms with Crippen molar-refractivity contribution in [2.45, 2.75) is 207 Å². The fraction of sp³-hybridized carbons (Fsp3) is 0.833. The molecule has 344 valence electrons. The summed E-state index contributed by atoms with van der Waals surface area (Å²) in [5.41, 5.74) is 0. The molecule has 0 aliphatic rings. The summed E-state index contributed by atoms with van der Waals surface area (Å²) in [6, 6.07) is -0.682. The summed E-state index contributed by atoms with van der Waals surface area (Å²) in [4.78, 5) is 55.9. The number of nitrogens with zero attached hydrogens (tertiary/aromatic N) is 2. The summed E-state index contributed by atoms with van der Waals surface area (Å²) in [5, 5.41) is 0. The number of carbonyl (C=O) groups excluding carboxylic acids is 4. The Morgan fingerprint density at radius 1 is 0.525 bits per heavy atom. The predicted octanol–water partition coefficient (Wildman–Crippen LogP) is 10.7.